The minimum atomic E-state index is -0.330. The Balaban J connectivity index is 1.51. The summed E-state index contributed by atoms with van der Waals surface area (Å²) in [5, 5.41) is 8.91. The molecule has 4 rings (SSSR count). The molecular formula is C20H15ClFN5O2S. The first kappa shape index (κ1) is 20.1. The van der Waals surface area contributed by atoms with E-state index in [4.69, 9.17) is 16.3 Å². The Bertz CT molecular complexity index is 1220. The predicted octanol–water partition coefficient (Wildman–Crippen LogP) is 4.35. The fourth-order valence-corrected chi connectivity index (χ4v) is 3.74. The zero-order valence-electron chi connectivity index (χ0n) is 15.7. The number of carbonyl (C=O) groups excluding carboxylic acids is 1. The van der Waals surface area contributed by atoms with Crippen molar-refractivity contribution in [2.75, 3.05) is 18.2 Å². The van der Waals surface area contributed by atoms with Crippen molar-refractivity contribution in [1.82, 2.24) is 19.7 Å². The summed E-state index contributed by atoms with van der Waals surface area (Å²) in [5.74, 6) is 0.0631. The van der Waals surface area contributed by atoms with Crippen molar-refractivity contribution in [3.8, 4) is 11.4 Å². The van der Waals surface area contributed by atoms with Crippen molar-refractivity contribution in [3.05, 3.63) is 65.8 Å². The van der Waals surface area contributed by atoms with E-state index >= 15 is 0 Å². The van der Waals surface area contributed by atoms with Gasteiger partial charge in [-0.1, -0.05) is 23.4 Å². The Morgan fingerprint density at radius 3 is 2.80 bits per heavy atom. The number of aromatic nitrogens is 4. The molecule has 2 heterocycles. The molecule has 0 aliphatic rings. The standard InChI is InChI=1S/C20H15ClFN5O2S/c1-29-17-7-2-12(21)8-16(17)26-18(28)10-30-20-15-9-25-27(19(15)23-11-24-20)14-5-3-13(22)4-6-14/h2-9,11H,10H2,1H3,(H,26,28). The van der Waals surface area contributed by atoms with E-state index in [9.17, 15) is 9.18 Å². The second-order valence-electron chi connectivity index (χ2n) is 6.13. The maximum Gasteiger partial charge on any atom is 0.234 e. The van der Waals surface area contributed by atoms with Gasteiger partial charge in [0.15, 0.2) is 5.65 Å². The maximum atomic E-state index is 13.2. The van der Waals surface area contributed by atoms with E-state index in [-0.39, 0.29) is 17.5 Å². The predicted molar refractivity (Wildman–Crippen MR) is 114 cm³/mol. The van der Waals surface area contributed by atoms with Crippen molar-refractivity contribution in [2.24, 2.45) is 0 Å². The Morgan fingerprint density at radius 1 is 1.23 bits per heavy atom. The zero-order valence-corrected chi connectivity index (χ0v) is 17.2. The van der Waals surface area contributed by atoms with E-state index < -0.39 is 0 Å². The van der Waals surface area contributed by atoms with Gasteiger partial charge >= 0.3 is 0 Å². The Labute approximate surface area is 180 Å². The van der Waals surface area contributed by atoms with Crippen molar-refractivity contribution in [2.45, 2.75) is 5.03 Å². The van der Waals surface area contributed by atoms with Crippen LogP contribution in [0.2, 0.25) is 5.02 Å². The molecule has 0 atom stereocenters. The van der Waals surface area contributed by atoms with Crippen LogP contribution in [0.1, 0.15) is 0 Å². The van der Waals surface area contributed by atoms with Crippen LogP contribution in [0.25, 0.3) is 16.7 Å². The number of methoxy groups -OCH3 is 1. The number of benzene rings is 2. The summed E-state index contributed by atoms with van der Waals surface area (Å²) in [4.78, 5) is 21.0. The number of halogens is 2. The smallest absolute Gasteiger partial charge is 0.234 e. The second kappa shape index (κ2) is 8.68. The molecule has 0 fully saturated rings. The van der Waals surface area contributed by atoms with E-state index in [1.165, 1.54) is 37.3 Å². The molecule has 0 aliphatic heterocycles. The van der Waals surface area contributed by atoms with Crippen LogP contribution < -0.4 is 10.1 Å². The molecule has 0 radical (unpaired) electrons. The van der Waals surface area contributed by atoms with Crippen LogP contribution in [0.3, 0.4) is 0 Å². The molecule has 0 saturated carbocycles. The number of anilines is 1. The molecular weight excluding hydrogens is 429 g/mol. The number of hydrogen-bond donors (Lipinski definition) is 1. The van der Waals surface area contributed by atoms with E-state index in [1.807, 2.05) is 0 Å². The number of nitrogens with zero attached hydrogens (tertiary/aromatic N) is 4. The SMILES string of the molecule is COc1ccc(Cl)cc1NC(=O)CSc1ncnc2c1cnn2-c1ccc(F)cc1. The third kappa shape index (κ3) is 4.22. The molecule has 2 aromatic heterocycles. The lowest BCUT2D eigenvalue weighted by molar-refractivity contribution is -0.113. The van der Waals surface area contributed by atoms with Gasteiger partial charge in [0.1, 0.15) is 22.9 Å². The Hall–Kier alpha value is -3.17. The van der Waals surface area contributed by atoms with Gasteiger partial charge < -0.3 is 10.1 Å². The van der Waals surface area contributed by atoms with Crippen molar-refractivity contribution < 1.29 is 13.9 Å². The molecule has 0 unspecified atom stereocenters. The second-order valence-corrected chi connectivity index (χ2v) is 7.53. The van der Waals surface area contributed by atoms with Gasteiger partial charge in [0, 0.05) is 5.02 Å². The molecule has 4 aromatic rings. The number of rotatable bonds is 6. The Kier molecular flexibility index (Phi) is 5.82. The molecule has 0 aliphatic carbocycles. The van der Waals surface area contributed by atoms with Gasteiger partial charge in [-0.2, -0.15) is 5.10 Å². The quantitative estimate of drug-likeness (QED) is 0.352. The molecule has 152 valence electrons. The van der Waals surface area contributed by atoms with Crippen LogP contribution in [-0.2, 0) is 4.79 Å². The minimum absolute atomic E-state index is 0.115. The van der Waals surface area contributed by atoms with Crippen LogP contribution in [0.15, 0.2) is 60.0 Å². The fourth-order valence-electron chi connectivity index (χ4n) is 2.81. The molecule has 1 amide bonds. The molecule has 0 spiro atoms. The highest BCUT2D eigenvalue weighted by atomic mass is 35.5. The lowest BCUT2D eigenvalue weighted by Gasteiger charge is -2.10. The average Bonchev–Trinajstić information content (AvgIpc) is 3.18. The van der Waals surface area contributed by atoms with Gasteiger partial charge in [0.05, 0.1) is 35.8 Å². The molecule has 30 heavy (non-hydrogen) atoms. The maximum absolute atomic E-state index is 13.2. The highest BCUT2D eigenvalue weighted by Crippen LogP contribution is 2.29. The summed E-state index contributed by atoms with van der Waals surface area (Å²) in [6.07, 6.45) is 3.03. The monoisotopic (exact) mass is 443 g/mol. The number of ether oxygens (including phenoxy) is 1. The molecule has 2 aromatic carbocycles. The van der Waals surface area contributed by atoms with Gasteiger partial charge in [-0.05, 0) is 42.5 Å². The van der Waals surface area contributed by atoms with E-state index in [1.54, 1.807) is 41.2 Å². The summed E-state index contributed by atoms with van der Waals surface area (Å²) in [6.45, 7) is 0. The van der Waals surface area contributed by atoms with Gasteiger partial charge in [0.25, 0.3) is 0 Å². The molecule has 10 heteroatoms. The van der Waals surface area contributed by atoms with E-state index in [2.05, 4.69) is 20.4 Å². The van der Waals surface area contributed by atoms with Crippen LogP contribution >= 0.6 is 23.4 Å². The van der Waals surface area contributed by atoms with E-state index in [0.717, 1.165) is 0 Å². The van der Waals surface area contributed by atoms with Crippen LogP contribution in [0, 0.1) is 5.82 Å². The van der Waals surface area contributed by atoms with Gasteiger partial charge in [-0.25, -0.2) is 19.0 Å². The summed E-state index contributed by atoms with van der Waals surface area (Å²) < 4.78 is 20.0. The summed E-state index contributed by atoms with van der Waals surface area (Å²) in [7, 11) is 1.52. The summed E-state index contributed by atoms with van der Waals surface area (Å²) >= 11 is 7.25. The largest absolute Gasteiger partial charge is 0.495 e. The first-order valence-electron chi connectivity index (χ1n) is 8.76. The number of hydrogen-bond acceptors (Lipinski definition) is 6. The normalized spacial score (nSPS) is 10.9. The number of nitrogens with one attached hydrogen (secondary N) is 1. The lowest BCUT2D eigenvalue weighted by Crippen LogP contribution is -2.14. The highest BCUT2D eigenvalue weighted by Gasteiger charge is 2.14. The van der Waals surface area contributed by atoms with Crippen LogP contribution in [0.4, 0.5) is 10.1 Å². The summed E-state index contributed by atoms with van der Waals surface area (Å²) in [6, 6.07) is 10.9. The first-order valence-corrected chi connectivity index (χ1v) is 10.1. The van der Waals surface area contributed by atoms with Gasteiger partial charge in [-0.15, -0.1) is 0 Å². The van der Waals surface area contributed by atoms with Gasteiger partial charge in [-0.3, -0.25) is 4.79 Å². The first-order chi connectivity index (χ1) is 14.5. The van der Waals surface area contributed by atoms with E-state index in [0.29, 0.717) is 38.2 Å². The van der Waals surface area contributed by atoms with Crippen LogP contribution in [-0.4, -0.2) is 38.5 Å². The van der Waals surface area contributed by atoms with Crippen molar-refractivity contribution in [3.63, 3.8) is 0 Å². The van der Waals surface area contributed by atoms with Crippen LogP contribution in [0.5, 0.6) is 5.75 Å². The Morgan fingerprint density at radius 2 is 2.03 bits per heavy atom. The zero-order chi connectivity index (χ0) is 21.1. The number of thioether (sulfide) groups is 1. The molecule has 1 N–H and O–H groups in total. The third-order valence-electron chi connectivity index (χ3n) is 4.18. The fraction of sp³-hybridized carbons (Fsp3) is 0.100. The van der Waals surface area contributed by atoms with Crippen molar-refractivity contribution >= 4 is 46.0 Å². The minimum Gasteiger partial charge on any atom is -0.495 e. The van der Waals surface area contributed by atoms with Gasteiger partial charge in [0.2, 0.25) is 5.91 Å². The number of carbonyl (C=O) groups is 1. The topological polar surface area (TPSA) is 81.9 Å². The third-order valence-corrected chi connectivity index (χ3v) is 5.42. The molecule has 0 bridgehead atoms. The number of amides is 1. The average molecular weight is 444 g/mol. The number of fused-ring (bicyclic) bond motifs is 1. The lowest BCUT2D eigenvalue weighted by atomic mass is 10.3. The summed E-state index contributed by atoms with van der Waals surface area (Å²) in [5.41, 5.74) is 1.73. The molecule has 7 nitrogen and oxygen atoms in total. The highest BCUT2D eigenvalue weighted by molar-refractivity contribution is 8.00. The molecule has 0 saturated heterocycles. The van der Waals surface area contributed by atoms with Crippen molar-refractivity contribution in [1.29, 1.82) is 0 Å².